The first kappa shape index (κ1) is 20.0. The number of alkyl halides is 3. The first-order chi connectivity index (χ1) is 13.2. The van der Waals surface area contributed by atoms with Crippen LogP contribution in [0.2, 0.25) is 0 Å². The van der Waals surface area contributed by atoms with Gasteiger partial charge in [-0.1, -0.05) is 42.5 Å². The predicted molar refractivity (Wildman–Crippen MR) is 96.5 cm³/mol. The molecule has 28 heavy (non-hydrogen) atoms. The van der Waals surface area contributed by atoms with Crippen molar-refractivity contribution in [3.8, 4) is 0 Å². The molecule has 0 bridgehead atoms. The van der Waals surface area contributed by atoms with E-state index in [-0.39, 0.29) is 12.1 Å². The van der Waals surface area contributed by atoms with Crippen LogP contribution < -0.4 is 4.72 Å². The average molecular weight is 410 g/mol. The smallest absolute Gasteiger partial charge is 0.249 e. The Bertz CT molecular complexity index is 1020. The second kappa shape index (κ2) is 8.11. The van der Waals surface area contributed by atoms with E-state index in [1.165, 1.54) is 18.5 Å². The quantitative estimate of drug-likeness (QED) is 0.650. The average Bonchev–Trinajstić information content (AvgIpc) is 3.13. The molecule has 0 fully saturated rings. The summed E-state index contributed by atoms with van der Waals surface area (Å²) in [6, 6.07) is 11.5. The molecule has 0 saturated carbocycles. The van der Waals surface area contributed by atoms with Gasteiger partial charge in [0.2, 0.25) is 10.0 Å². The Morgan fingerprint density at radius 1 is 1.00 bits per heavy atom. The summed E-state index contributed by atoms with van der Waals surface area (Å²) in [7, 11) is -3.79. The zero-order chi connectivity index (χ0) is 20.2. The van der Waals surface area contributed by atoms with Gasteiger partial charge in [0.15, 0.2) is 0 Å². The molecular formula is C18H17F3N4O2S. The zero-order valence-corrected chi connectivity index (χ0v) is 15.4. The number of benzene rings is 2. The Morgan fingerprint density at radius 2 is 1.71 bits per heavy atom. The summed E-state index contributed by atoms with van der Waals surface area (Å²) in [5, 5.41) is 4.01. The van der Waals surface area contributed by atoms with Crippen LogP contribution in [0.4, 0.5) is 13.2 Å². The van der Waals surface area contributed by atoms with Gasteiger partial charge in [0.25, 0.3) is 0 Å². The molecule has 0 saturated heterocycles. The number of nitrogens with zero attached hydrogens (tertiary/aromatic N) is 3. The van der Waals surface area contributed by atoms with Crippen molar-refractivity contribution in [2.45, 2.75) is 25.0 Å². The van der Waals surface area contributed by atoms with Crippen molar-refractivity contribution in [2.24, 2.45) is 0 Å². The second-order valence-electron chi connectivity index (χ2n) is 6.19. The third kappa shape index (κ3) is 5.64. The van der Waals surface area contributed by atoms with E-state index in [0.717, 1.165) is 23.3 Å². The molecule has 0 radical (unpaired) electrons. The fourth-order valence-electron chi connectivity index (χ4n) is 2.57. The van der Waals surface area contributed by atoms with E-state index < -0.39 is 27.5 Å². The molecule has 0 spiro atoms. The highest BCUT2D eigenvalue weighted by Crippen LogP contribution is 2.29. The van der Waals surface area contributed by atoms with Gasteiger partial charge in [-0.05, 0) is 22.8 Å². The van der Waals surface area contributed by atoms with E-state index in [2.05, 4.69) is 14.8 Å². The SMILES string of the molecule is O=S(=O)(Cc1cccc(C(F)(F)F)c1)NCc1ccc(Cn2cncn2)cc1. The first-order valence-corrected chi connectivity index (χ1v) is 9.90. The summed E-state index contributed by atoms with van der Waals surface area (Å²) >= 11 is 0. The highest BCUT2D eigenvalue weighted by molar-refractivity contribution is 7.88. The van der Waals surface area contributed by atoms with E-state index in [1.54, 1.807) is 23.1 Å². The highest BCUT2D eigenvalue weighted by atomic mass is 32.2. The summed E-state index contributed by atoms with van der Waals surface area (Å²) in [5.74, 6) is -0.526. The molecule has 2 aromatic carbocycles. The maximum atomic E-state index is 12.7. The van der Waals surface area contributed by atoms with E-state index >= 15 is 0 Å². The fraction of sp³-hybridized carbons (Fsp3) is 0.222. The minimum absolute atomic E-state index is 0.0465. The van der Waals surface area contributed by atoms with Crippen LogP contribution in [-0.4, -0.2) is 23.2 Å². The molecule has 0 unspecified atom stereocenters. The van der Waals surface area contributed by atoms with E-state index in [4.69, 9.17) is 0 Å². The molecule has 1 heterocycles. The second-order valence-corrected chi connectivity index (χ2v) is 7.99. The Balaban J connectivity index is 1.59. The molecule has 3 aromatic rings. The molecule has 0 aliphatic carbocycles. The van der Waals surface area contributed by atoms with Crippen LogP contribution in [0.25, 0.3) is 0 Å². The van der Waals surface area contributed by atoms with Crippen LogP contribution in [0.15, 0.2) is 61.2 Å². The van der Waals surface area contributed by atoms with Crippen molar-refractivity contribution in [2.75, 3.05) is 0 Å². The predicted octanol–water partition coefficient (Wildman–Crippen LogP) is 2.96. The number of halogens is 3. The molecular weight excluding hydrogens is 393 g/mol. The monoisotopic (exact) mass is 410 g/mol. The largest absolute Gasteiger partial charge is 0.416 e. The molecule has 3 rings (SSSR count). The lowest BCUT2D eigenvalue weighted by Crippen LogP contribution is -2.24. The fourth-order valence-corrected chi connectivity index (χ4v) is 3.67. The van der Waals surface area contributed by atoms with Crippen molar-refractivity contribution >= 4 is 10.0 Å². The van der Waals surface area contributed by atoms with Gasteiger partial charge in [0, 0.05) is 6.54 Å². The number of sulfonamides is 1. The minimum Gasteiger partial charge on any atom is -0.249 e. The van der Waals surface area contributed by atoms with E-state index in [9.17, 15) is 21.6 Å². The maximum Gasteiger partial charge on any atom is 0.416 e. The van der Waals surface area contributed by atoms with Crippen LogP contribution in [-0.2, 0) is 35.0 Å². The van der Waals surface area contributed by atoms with Crippen molar-refractivity contribution in [3.63, 3.8) is 0 Å². The number of hydrogen-bond acceptors (Lipinski definition) is 4. The third-order valence-corrected chi connectivity index (χ3v) is 5.24. The van der Waals surface area contributed by atoms with Crippen molar-refractivity contribution in [3.05, 3.63) is 83.4 Å². The molecule has 6 nitrogen and oxygen atoms in total. The summed E-state index contributed by atoms with van der Waals surface area (Å²) < 4.78 is 66.7. The summed E-state index contributed by atoms with van der Waals surface area (Å²) in [4.78, 5) is 3.86. The Labute approximate surface area is 160 Å². The lowest BCUT2D eigenvalue weighted by atomic mass is 10.1. The summed E-state index contributed by atoms with van der Waals surface area (Å²) in [6.07, 6.45) is -1.48. The van der Waals surface area contributed by atoms with Gasteiger partial charge in [-0.3, -0.25) is 0 Å². The number of aromatic nitrogens is 3. The topological polar surface area (TPSA) is 76.9 Å². The van der Waals surface area contributed by atoms with Gasteiger partial charge in [-0.25, -0.2) is 22.8 Å². The Kier molecular flexibility index (Phi) is 5.80. The van der Waals surface area contributed by atoms with Gasteiger partial charge >= 0.3 is 6.18 Å². The summed E-state index contributed by atoms with van der Waals surface area (Å²) in [6.45, 7) is 0.590. The molecule has 0 aliphatic heterocycles. The Hall–Kier alpha value is -2.72. The third-order valence-electron chi connectivity index (χ3n) is 3.94. The molecule has 1 N–H and O–H groups in total. The van der Waals surface area contributed by atoms with Crippen molar-refractivity contribution in [1.82, 2.24) is 19.5 Å². The van der Waals surface area contributed by atoms with Crippen LogP contribution in [0.3, 0.4) is 0 Å². The van der Waals surface area contributed by atoms with E-state index in [0.29, 0.717) is 6.54 Å². The van der Waals surface area contributed by atoms with Gasteiger partial charge in [-0.15, -0.1) is 0 Å². The van der Waals surface area contributed by atoms with Crippen molar-refractivity contribution in [1.29, 1.82) is 0 Å². The lowest BCUT2D eigenvalue weighted by Gasteiger charge is -2.10. The van der Waals surface area contributed by atoms with Gasteiger partial charge in [-0.2, -0.15) is 18.3 Å². The molecule has 10 heteroatoms. The Morgan fingerprint density at radius 3 is 2.36 bits per heavy atom. The molecule has 0 aliphatic rings. The van der Waals surface area contributed by atoms with Gasteiger partial charge < -0.3 is 0 Å². The first-order valence-electron chi connectivity index (χ1n) is 8.25. The number of hydrogen-bond donors (Lipinski definition) is 1. The minimum atomic E-state index is -4.51. The number of nitrogens with one attached hydrogen (secondary N) is 1. The standard InChI is InChI=1S/C18H17F3N4O2S/c19-18(20,21)17-3-1-2-16(8-17)11-28(26,27)24-9-14-4-6-15(7-5-14)10-25-13-22-12-23-25/h1-8,12-13,24H,9-11H2. The normalized spacial score (nSPS) is 12.2. The van der Waals surface area contributed by atoms with Crippen LogP contribution in [0.1, 0.15) is 22.3 Å². The number of rotatable bonds is 7. The van der Waals surface area contributed by atoms with Crippen LogP contribution in [0.5, 0.6) is 0 Å². The van der Waals surface area contributed by atoms with Crippen molar-refractivity contribution < 1.29 is 21.6 Å². The van der Waals surface area contributed by atoms with E-state index in [1.807, 2.05) is 12.1 Å². The highest BCUT2D eigenvalue weighted by Gasteiger charge is 2.30. The van der Waals surface area contributed by atoms with Gasteiger partial charge in [0.05, 0.1) is 17.9 Å². The maximum absolute atomic E-state index is 12.7. The molecule has 1 aromatic heterocycles. The summed E-state index contributed by atoms with van der Waals surface area (Å²) in [5.41, 5.74) is 0.907. The van der Waals surface area contributed by atoms with Gasteiger partial charge in [0.1, 0.15) is 12.7 Å². The van der Waals surface area contributed by atoms with Crippen LogP contribution in [0, 0.1) is 0 Å². The molecule has 0 atom stereocenters. The molecule has 148 valence electrons. The molecule has 0 amide bonds. The van der Waals surface area contributed by atoms with Crippen LogP contribution >= 0.6 is 0 Å². The lowest BCUT2D eigenvalue weighted by molar-refractivity contribution is -0.137. The zero-order valence-electron chi connectivity index (χ0n) is 14.6.